The first-order valence-corrected chi connectivity index (χ1v) is 8.65. The molecule has 1 aromatic rings. The Bertz CT molecular complexity index is 572. The number of hydrogen-bond donors (Lipinski definition) is 2. The van der Waals surface area contributed by atoms with Crippen molar-refractivity contribution in [2.45, 2.75) is 57.7 Å². The molecule has 0 spiro atoms. The molecule has 5 nitrogen and oxygen atoms in total. The van der Waals surface area contributed by atoms with Gasteiger partial charge < -0.3 is 10.6 Å². The van der Waals surface area contributed by atoms with Crippen LogP contribution in [0.25, 0.3) is 0 Å². The maximum Gasteiger partial charge on any atom is 0.237 e. The number of likely N-dealkylation sites (N-methyl/N-ethyl adjacent to an activating group) is 1. The molecule has 0 unspecified atom stereocenters. The van der Waals surface area contributed by atoms with Crippen LogP contribution in [0.4, 0.5) is 0 Å². The lowest BCUT2D eigenvalue weighted by Crippen LogP contribution is -2.56. The summed E-state index contributed by atoms with van der Waals surface area (Å²) in [5, 5.41) is 5.81. The lowest BCUT2D eigenvalue weighted by Gasteiger charge is -2.33. The highest BCUT2D eigenvalue weighted by molar-refractivity contribution is 5.86. The monoisotopic (exact) mass is 367 g/mol. The topological polar surface area (TPSA) is 61.4 Å². The molecule has 2 atom stereocenters. The van der Waals surface area contributed by atoms with Gasteiger partial charge in [0, 0.05) is 12.6 Å². The Labute approximate surface area is 157 Å². The zero-order valence-corrected chi connectivity index (χ0v) is 16.4. The number of carbonyl (C=O) groups excluding carboxylic acids is 2. The first kappa shape index (κ1) is 21.5. The fourth-order valence-electron chi connectivity index (χ4n) is 3.26. The van der Waals surface area contributed by atoms with Crippen molar-refractivity contribution in [3.63, 3.8) is 0 Å². The Morgan fingerprint density at radius 3 is 2.44 bits per heavy atom. The van der Waals surface area contributed by atoms with E-state index in [-0.39, 0.29) is 41.8 Å². The van der Waals surface area contributed by atoms with Crippen LogP contribution in [0.5, 0.6) is 0 Å². The van der Waals surface area contributed by atoms with E-state index in [0.29, 0.717) is 6.42 Å². The summed E-state index contributed by atoms with van der Waals surface area (Å²) in [4.78, 5) is 27.2. The number of benzene rings is 1. The molecule has 0 aliphatic carbocycles. The van der Waals surface area contributed by atoms with Crippen molar-refractivity contribution in [2.24, 2.45) is 0 Å². The molecular formula is C19H30ClN3O2. The third-order valence-electron chi connectivity index (χ3n) is 4.32. The van der Waals surface area contributed by atoms with E-state index >= 15 is 0 Å². The molecule has 140 valence electrons. The molecule has 2 amide bonds. The average Bonchev–Trinajstić information content (AvgIpc) is 3.00. The van der Waals surface area contributed by atoms with Crippen molar-refractivity contribution in [3.8, 4) is 0 Å². The molecule has 25 heavy (non-hydrogen) atoms. The number of carbonyl (C=O) groups is 2. The van der Waals surface area contributed by atoms with Crippen molar-refractivity contribution < 1.29 is 9.59 Å². The molecular weight excluding hydrogens is 338 g/mol. The van der Waals surface area contributed by atoms with E-state index in [2.05, 4.69) is 15.5 Å². The highest BCUT2D eigenvalue weighted by Crippen LogP contribution is 2.23. The van der Waals surface area contributed by atoms with Crippen LogP contribution >= 0.6 is 12.4 Å². The van der Waals surface area contributed by atoms with E-state index in [9.17, 15) is 9.59 Å². The molecule has 0 bridgehead atoms. The summed E-state index contributed by atoms with van der Waals surface area (Å²) in [5.41, 5.74) is 0.834. The van der Waals surface area contributed by atoms with Gasteiger partial charge >= 0.3 is 0 Å². The second-order valence-corrected chi connectivity index (χ2v) is 7.45. The lowest BCUT2D eigenvalue weighted by atomic mass is 10.0. The van der Waals surface area contributed by atoms with Crippen molar-refractivity contribution >= 4 is 24.2 Å². The summed E-state index contributed by atoms with van der Waals surface area (Å²) >= 11 is 0. The number of amides is 2. The van der Waals surface area contributed by atoms with Crippen LogP contribution < -0.4 is 10.6 Å². The average molecular weight is 368 g/mol. The van der Waals surface area contributed by atoms with E-state index < -0.39 is 0 Å². The van der Waals surface area contributed by atoms with Crippen LogP contribution in [-0.2, 0) is 16.0 Å². The molecule has 1 aliphatic rings. The van der Waals surface area contributed by atoms with E-state index in [1.165, 1.54) is 0 Å². The van der Waals surface area contributed by atoms with Gasteiger partial charge in [0.25, 0.3) is 0 Å². The van der Waals surface area contributed by atoms with Crippen molar-refractivity contribution in [1.29, 1.82) is 0 Å². The molecule has 1 aromatic carbocycles. The summed E-state index contributed by atoms with van der Waals surface area (Å²) in [6.07, 6.45) is 2.34. The van der Waals surface area contributed by atoms with Crippen molar-refractivity contribution in [2.75, 3.05) is 13.6 Å². The number of rotatable bonds is 5. The number of nitrogens with zero attached hydrogens (tertiary/aromatic N) is 1. The van der Waals surface area contributed by atoms with Crippen LogP contribution in [0.2, 0.25) is 0 Å². The van der Waals surface area contributed by atoms with Crippen LogP contribution in [0, 0.1) is 0 Å². The summed E-state index contributed by atoms with van der Waals surface area (Å²) in [6, 6.07) is 9.40. The van der Waals surface area contributed by atoms with Crippen molar-refractivity contribution in [1.82, 2.24) is 15.5 Å². The molecule has 6 heteroatoms. The van der Waals surface area contributed by atoms with E-state index in [1.807, 2.05) is 51.1 Å². The van der Waals surface area contributed by atoms with Gasteiger partial charge in [0.2, 0.25) is 11.8 Å². The smallest absolute Gasteiger partial charge is 0.237 e. The number of halogens is 1. The first-order valence-electron chi connectivity index (χ1n) is 8.65. The van der Waals surface area contributed by atoms with E-state index in [1.54, 1.807) is 7.05 Å². The molecule has 0 radical (unpaired) electrons. The number of likely N-dealkylation sites (tertiary alicyclic amines) is 1. The Hall–Kier alpha value is -1.59. The number of hydrogen-bond acceptors (Lipinski definition) is 3. The van der Waals surface area contributed by atoms with Gasteiger partial charge in [-0.15, -0.1) is 12.4 Å². The standard InChI is InChI=1S/C19H29N3O2.ClH/c1-19(2,3)21-18(24)15-11-8-12-22(15)16(17(23)20-4)13-14-9-6-5-7-10-14;/h5-7,9-10,15-16H,8,11-13H2,1-4H3,(H,20,23)(H,21,24);1H/t15-,16+;/m0./s1. The Balaban J connectivity index is 0.00000312. The minimum absolute atomic E-state index is 0. The predicted octanol–water partition coefficient (Wildman–Crippen LogP) is 2.14. The largest absolute Gasteiger partial charge is 0.358 e. The second-order valence-electron chi connectivity index (χ2n) is 7.45. The normalized spacial score (nSPS) is 19.0. The fraction of sp³-hybridized carbons (Fsp3) is 0.579. The van der Waals surface area contributed by atoms with Gasteiger partial charge in [-0.3, -0.25) is 14.5 Å². The maximum atomic E-state index is 12.7. The SMILES string of the molecule is CNC(=O)[C@@H](Cc1ccccc1)N1CCC[C@H]1C(=O)NC(C)(C)C.Cl. The molecule has 2 N–H and O–H groups in total. The number of nitrogens with one attached hydrogen (secondary N) is 2. The van der Waals surface area contributed by atoms with E-state index in [0.717, 1.165) is 24.9 Å². The molecule has 1 saturated heterocycles. The van der Waals surface area contributed by atoms with Crippen molar-refractivity contribution in [3.05, 3.63) is 35.9 Å². The molecule has 1 heterocycles. The minimum Gasteiger partial charge on any atom is -0.358 e. The van der Waals surface area contributed by atoms with Crippen LogP contribution in [0.15, 0.2) is 30.3 Å². The fourth-order valence-corrected chi connectivity index (χ4v) is 3.26. The Morgan fingerprint density at radius 1 is 1.24 bits per heavy atom. The molecule has 1 aliphatic heterocycles. The quantitative estimate of drug-likeness (QED) is 0.838. The summed E-state index contributed by atoms with van der Waals surface area (Å²) < 4.78 is 0. The zero-order chi connectivity index (χ0) is 17.7. The lowest BCUT2D eigenvalue weighted by molar-refractivity contribution is -0.131. The molecule has 0 aromatic heterocycles. The first-order chi connectivity index (χ1) is 11.3. The maximum absolute atomic E-state index is 12.7. The van der Waals surface area contributed by atoms with Gasteiger partial charge in [0.15, 0.2) is 0 Å². The van der Waals surface area contributed by atoms with Crippen LogP contribution in [0.1, 0.15) is 39.2 Å². The van der Waals surface area contributed by atoms with Gasteiger partial charge in [-0.2, -0.15) is 0 Å². The summed E-state index contributed by atoms with van der Waals surface area (Å²) in [5.74, 6) is -0.0173. The minimum atomic E-state index is -0.324. The third-order valence-corrected chi connectivity index (χ3v) is 4.32. The van der Waals surface area contributed by atoms with Crippen LogP contribution in [-0.4, -0.2) is 47.9 Å². The molecule has 2 rings (SSSR count). The third kappa shape index (κ3) is 6.01. The predicted molar refractivity (Wildman–Crippen MR) is 103 cm³/mol. The van der Waals surface area contributed by atoms with Gasteiger partial charge in [-0.05, 0) is 52.1 Å². The van der Waals surface area contributed by atoms with Gasteiger partial charge in [0.05, 0.1) is 12.1 Å². The second kappa shape index (κ2) is 9.20. The van der Waals surface area contributed by atoms with Gasteiger partial charge in [-0.1, -0.05) is 30.3 Å². The van der Waals surface area contributed by atoms with E-state index in [4.69, 9.17) is 0 Å². The molecule has 1 fully saturated rings. The molecule has 0 saturated carbocycles. The van der Waals surface area contributed by atoms with Gasteiger partial charge in [0.1, 0.15) is 0 Å². The Morgan fingerprint density at radius 2 is 1.88 bits per heavy atom. The van der Waals surface area contributed by atoms with Crippen LogP contribution in [0.3, 0.4) is 0 Å². The highest BCUT2D eigenvalue weighted by Gasteiger charge is 2.39. The zero-order valence-electron chi connectivity index (χ0n) is 15.5. The summed E-state index contributed by atoms with van der Waals surface area (Å²) in [6.45, 7) is 6.70. The highest BCUT2D eigenvalue weighted by atomic mass is 35.5. The van der Waals surface area contributed by atoms with Gasteiger partial charge in [-0.25, -0.2) is 0 Å². The summed E-state index contributed by atoms with van der Waals surface area (Å²) in [7, 11) is 1.65. The Kier molecular flexibility index (Phi) is 7.90.